The lowest BCUT2D eigenvalue weighted by molar-refractivity contribution is -0.118. The van der Waals surface area contributed by atoms with Crippen molar-refractivity contribution in [2.24, 2.45) is 0 Å². The normalized spacial score (nSPS) is 10.8. The Morgan fingerprint density at radius 1 is 1.18 bits per heavy atom. The molecule has 2 aromatic heterocycles. The summed E-state index contributed by atoms with van der Waals surface area (Å²) >= 11 is 8.52. The lowest BCUT2D eigenvalue weighted by Crippen LogP contribution is -2.23. The summed E-state index contributed by atoms with van der Waals surface area (Å²) < 4.78 is 2.53. The summed E-state index contributed by atoms with van der Waals surface area (Å²) in [5.41, 5.74) is 2.07. The minimum atomic E-state index is -0.0868. The summed E-state index contributed by atoms with van der Waals surface area (Å²) in [5, 5.41) is 12.0. The maximum atomic E-state index is 12.4. The molecule has 0 aliphatic heterocycles. The average molecular weight is 435 g/mol. The summed E-state index contributed by atoms with van der Waals surface area (Å²) in [4.78, 5) is 24.2. The molecular formula is C19H19ClN4O2S2. The lowest BCUT2D eigenvalue weighted by Gasteiger charge is -2.10. The highest BCUT2D eigenvalue weighted by atomic mass is 35.5. The third-order valence-corrected chi connectivity index (χ3v) is 6.10. The first-order valence-electron chi connectivity index (χ1n) is 8.61. The van der Waals surface area contributed by atoms with Crippen LogP contribution in [0.15, 0.2) is 41.6 Å². The Morgan fingerprint density at radius 2 is 1.93 bits per heavy atom. The van der Waals surface area contributed by atoms with Crippen LogP contribution in [0.1, 0.15) is 28.0 Å². The monoisotopic (exact) mass is 434 g/mol. The van der Waals surface area contributed by atoms with E-state index in [-0.39, 0.29) is 17.4 Å². The second-order valence-electron chi connectivity index (χ2n) is 6.12. The number of Topliss-reactive ketones (excluding diaryl/α,β-unsaturated/α-hetero) is 1. The molecule has 0 saturated heterocycles. The molecule has 3 rings (SSSR count). The summed E-state index contributed by atoms with van der Waals surface area (Å²) in [5.74, 6) is 0.884. The number of rotatable bonds is 8. The lowest BCUT2D eigenvalue weighted by atomic mass is 10.2. The zero-order chi connectivity index (χ0) is 20.1. The van der Waals surface area contributed by atoms with Crippen LogP contribution in [0, 0.1) is 6.92 Å². The predicted molar refractivity (Wildman–Crippen MR) is 113 cm³/mol. The van der Waals surface area contributed by atoms with Crippen LogP contribution in [0.5, 0.6) is 0 Å². The van der Waals surface area contributed by atoms with E-state index in [1.165, 1.54) is 30.0 Å². The fourth-order valence-electron chi connectivity index (χ4n) is 2.52. The zero-order valence-corrected chi connectivity index (χ0v) is 17.8. The average Bonchev–Trinajstić information content (AvgIpc) is 3.27. The van der Waals surface area contributed by atoms with E-state index < -0.39 is 0 Å². The number of hydrogen-bond donors (Lipinski definition) is 1. The van der Waals surface area contributed by atoms with Gasteiger partial charge in [0.05, 0.1) is 15.0 Å². The molecule has 0 unspecified atom stereocenters. The summed E-state index contributed by atoms with van der Waals surface area (Å²) in [6, 6.07) is 11.5. The van der Waals surface area contributed by atoms with Crippen LogP contribution in [0.4, 0.5) is 0 Å². The zero-order valence-electron chi connectivity index (χ0n) is 15.4. The Morgan fingerprint density at radius 3 is 2.57 bits per heavy atom. The van der Waals surface area contributed by atoms with Gasteiger partial charge in [-0.25, -0.2) is 0 Å². The van der Waals surface area contributed by atoms with Crippen molar-refractivity contribution in [3.8, 4) is 5.69 Å². The second kappa shape index (κ2) is 9.36. The van der Waals surface area contributed by atoms with Crippen molar-refractivity contribution in [3.05, 3.63) is 57.0 Å². The molecule has 0 saturated carbocycles. The first-order valence-corrected chi connectivity index (χ1v) is 10.8. The number of nitrogens with one attached hydrogen (secondary N) is 1. The molecule has 1 amide bonds. The molecule has 0 bridgehead atoms. The van der Waals surface area contributed by atoms with E-state index in [1.54, 1.807) is 12.1 Å². The van der Waals surface area contributed by atoms with Gasteiger partial charge >= 0.3 is 0 Å². The number of aromatic nitrogens is 3. The largest absolute Gasteiger partial charge is 0.356 e. The van der Waals surface area contributed by atoms with Crippen molar-refractivity contribution < 1.29 is 9.59 Å². The molecule has 1 N–H and O–H groups in total. The van der Waals surface area contributed by atoms with Crippen molar-refractivity contribution >= 4 is 46.4 Å². The van der Waals surface area contributed by atoms with E-state index in [2.05, 4.69) is 15.5 Å². The minimum Gasteiger partial charge on any atom is -0.356 e. The fourth-order valence-corrected chi connectivity index (χ4v) is 4.45. The number of carbonyl (C=O) groups is 2. The van der Waals surface area contributed by atoms with Gasteiger partial charge in [-0.05, 0) is 31.2 Å². The number of benzene rings is 1. The van der Waals surface area contributed by atoms with Crippen molar-refractivity contribution in [1.29, 1.82) is 0 Å². The molecule has 0 fully saturated rings. The van der Waals surface area contributed by atoms with E-state index in [9.17, 15) is 9.59 Å². The van der Waals surface area contributed by atoms with Crippen molar-refractivity contribution in [3.63, 3.8) is 0 Å². The van der Waals surface area contributed by atoms with Crippen molar-refractivity contribution in [2.75, 3.05) is 12.3 Å². The van der Waals surface area contributed by atoms with Gasteiger partial charge in [-0.2, -0.15) is 0 Å². The number of ketones is 1. The highest BCUT2D eigenvalue weighted by Gasteiger charge is 2.17. The molecule has 0 radical (unpaired) electrons. The molecule has 0 aliphatic rings. The van der Waals surface area contributed by atoms with Crippen LogP contribution in [0.2, 0.25) is 4.34 Å². The Balaban J connectivity index is 1.81. The van der Waals surface area contributed by atoms with Gasteiger partial charge < -0.3 is 5.32 Å². The Kier molecular flexibility index (Phi) is 6.88. The molecule has 2 heterocycles. The summed E-state index contributed by atoms with van der Waals surface area (Å²) in [6.07, 6.45) is 0.537. The Labute approximate surface area is 176 Å². The Bertz CT molecular complexity index is 982. The molecule has 28 heavy (non-hydrogen) atoms. The van der Waals surface area contributed by atoms with E-state index >= 15 is 0 Å². The number of carbonyl (C=O) groups excluding carboxylic acids is 2. The van der Waals surface area contributed by atoms with Crippen molar-refractivity contribution in [2.45, 2.75) is 25.4 Å². The van der Waals surface area contributed by atoms with Crippen LogP contribution in [0.25, 0.3) is 5.69 Å². The van der Waals surface area contributed by atoms with Gasteiger partial charge in [-0.15, -0.1) is 21.5 Å². The standard InChI is InChI=1S/C19H19ClN4O2S2/c1-12-3-5-14(6-4-12)24-18(9-10-21-13(2)25)22-23-19(24)27-11-15(26)16-7-8-17(20)28-16/h3-8H,9-11H2,1-2H3,(H,21,25). The molecule has 6 nitrogen and oxygen atoms in total. The molecule has 0 atom stereocenters. The Hall–Kier alpha value is -2.16. The van der Waals surface area contributed by atoms with Gasteiger partial charge in [0.1, 0.15) is 5.82 Å². The van der Waals surface area contributed by atoms with E-state index in [0.717, 1.165) is 17.1 Å². The van der Waals surface area contributed by atoms with Crippen LogP contribution in [-0.4, -0.2) is 38.8 Å². The van der Waals surface area contributed by atoms with Gasteiger partial charge in [0.25, 0.3) is 0 Å². The maximum absolute atomic E-state index is 12.4. The van der Waals surface area contributed by atoms with Gasteiger partial charge in [0.2, 0.25) is 5.91 Å². The van der Waals surface area contributed by atoms with Gasteiger partial charge in [0, 0.05) is 25.6 Å². The number of thiophene rings is 1. The second-order valence-corrected chi connectivity index (χ2v) is 8.78. The minimum absolute atomic E-state index is 0.000141. The van der Waals surface area contributed by atoms with Crippen LogP contribution in [-0.2, 0) is 11.2 Å². The number of thioether (sulfide) groups is 1. The van der Waals surface area contributed by atoms with Gasteiger partial charge in [0.15, 0.2) is 10.9 Å². The molecule has 0 spiro atoms. The molecule has 0 aliphatic carbocycles. The number of aryl methyl sites for hydroxylation is 1. The highest BCUT2D eigenvalue weighted by molar-refractivity contribution is 7.99. The van der Waals surface area contributed by atoms with E-state index in [4.69, 9.17) is 11.6 Å². The molecule has 146 valence electrons. The smallest absolute Gasteiger partial charge is 0.216 e. The third-order valence-electron chi connectivity index (χ3n) is 3.90. The van der Waals surface area contributed by atoms with Crippen molar-refractivity contribution in [1.82, 2.24) is 20.1 Å². The topological polar surface area (TPSA) is 76.9 Å². The number of hydrogen-bond acceptors (Lipinski definition) is 6. The number of amides is 1. The van der Waals surface area contributed by atoms with Crippen LogP contribution in [0.3, 0.4) is 0 Å². The van der Waals surface area contributed by atoms with Crippen LogP contribution < -0.4 is 5.32 Å². The predicted octanol–water partition coefficient (Wildman–Crippen LogP) is 3.94. The third kappa shape index (κ3) is 5.21. The molecule has 3 aromatic rings. The van der Waals surface area contributed by atoms with Gasteiger partial charge in [-0.3, -0.25) is 14.2 Å². The maximum Gasteiger partial charge on any atom is 0.216 e. The summed E-state index contributed by atoms with van der Waals surface area (Å²) in [7, 11) is 0. The SMILES string of the molecule is CC(=O)NCCc1nnc(SCC(=O)c2ccc(Cl)s2)n1-c1ccc(C)cc1. The van der Waals surface area contributed by atoms with Crippen LogP contribution >= 0.6 is 34.7 Å². The van der Waals surface area contributed by atoms with E-state index in [0.29, 0.717) is 27.3 Å². The van der Waals surface area contributed by atoms with Gasteiger partial charge in [-0.1, -0.05) is 41.1 Å². The quantitative estimate of drug-likeness (QED) is 0.429. The molecular weight excluding hydrogens is 416 g/mol. The highest BCUT2D eigenvalue weighted by Crippen LogP contribution is 2.26. The first-order chi connectivity index (χ1) is 13.4. The molecule has 9 heteroatoms. The fraction of sp³-hybridized carbons (Fsp3) is 0.263. The molecule has 1 aromatic carbocycles. The van der Waals surface area contributed by atoms with E-state index in [1.807, 2.05) is 35.8 Å². The summed E-state index contributed by atoms with van der Waals surface area (Å²) in [6.45, 7) is 3.97. The number of halogens is 1. The first kappa shape index (κ1) is 20.6. The number of nitrogens with zero attached hydrogens (tertiary/aromatic N) is 3.